The Hall–Kier alpha value is -2.69. The van der Waals surface area contributed by atoms with Crippen LogP contribution >= 0.6 is 0 Å². The van der Waals surface area contributed by atoms with Gasteiger partial charge in [-0.15, -0.1) is 0 Å². The molecule has 108 valence electrons. The number of nitrogens with one attached hydrogen (secondary N) is 2. The summed E-state index contributed by atoms with van der Waals surface area (Å²) in [5, 5.41) is 5.02. The average Bonchev–Trinajstić information content (AvgIpc) is 2.50. The molecule has 0 aromatic heterocycles. The summed E-state index contributed by atoms with van der Waals surface area (Å²) in [4.78, 5) is 23.2. The molecule has 0 unspecified atom stereocenters. The fourth-order valence-corrected chi connectivity index (χ4v) is 1.76. The Morgan fingerprint density at radius 2 is 1.57 bits per heavy atom. The molecule has 0 atom stereocenters. The minimum absolute atomic E-state index is 0.301. The van der Waals surface area contributed by atoms with Gasteiger partial charge in [0, 0.05) is 12.2 Å². The van der Waals surface area contributed by atoms with Crippen molar-refractivity contribution in [2.45, 2.75) is 6.42 Å². The average molecular weight is 286 g/mol. The van der Waals surface area contributed by atoms with E-state index < -0.39 is 11.8 Å². The molecule has 0 spiro atoms. The molecule has 0 heterocycles. The van der Waals surface area contributed by atoms with E-state index in [1.807, 2.05) is 6.07 Å². The van der Waals surface area contributed by atoms with E-state index in [-0.39, 0.29) is 5.82 Å². The summed E-state index contributed by atoms with van der Waals surface area (Å²) in [5.74, 6) is -1.70. The van der Waals surface area contributed by atoms with Gasteiger partial charge in [0.15, 0.2) is 0 Å². The predicted octanol–water partition coefficient (Wildman–Crippen LogP) is 2.12. The second kappa shape index (κ2) is 7.19. The number of carbonyl (C=O) groups excluding carboxylic acids is 2. The van der Waals surface area contributed by atoms with Crippen LogP contribution in [-0.4, -0.2) is 18.4 Å². The Morgan fingerprint density at radius 1 is 0.905 bits per heavy atom. The molecule has 21 heavy (non-hydrogen) atoms. The van der Waals surface area contributed by atoms with Crippen LogP contribution in [-0.2, 0) is 16.0 Å². The van der Waals surface area contributed by atoms with Crippen LogP contribution in [0, 0.1) is 5.82 Å². The third-order valence-corrected chi connectivity index (χ3v) is 2.85. The fourth-order valence-electron chi connectivity index (χ4n) is 1.76. The van der Waals surface area contributed by atoms with Crippen LogP contribution < -0.4 is 10.6 Å². The fraction of sp³-hybridized carbons (Fsp3) is 0.125. The van der Waals surface area contributed by atoms with E-state index in [0.717, 1.165) is 5.56 Å². The quantitative estimate of drug-likeness (QED) is 0.846. The standard InChI is InChI=1S/C16H15FN2O2/c17-13-8-6-12(7-9-13)10-11-18-15(20)16(21)19-14-4-2-1-3-5-14/h1-9H,10-11H2,(H,18,20)(H,19,21). The maximum atomic E-state index is 12.7. The zero-order valence-electron chi connectivity index (χ0n) is 11.3. The smallest absolute Gasteiger partial charge is 0.313 e. The highest BCUT2D eigenvalue weighted by Gasteiger charge is 2.12. The highest BCUT2D eigenvalue weighted by molar-refractivity contribution is 6.39. The van der Waals surface area contributed by atoms with Crippen molar-refractivity contribution in [2.24, 2.45) is 0 Å². The number of amides is 2. The molecule has 0 aliphatic carbocycles. The third kappa shape index (κ3) is 4.72. The lowest BCUT2D eigenvalue weighted by Gasteiger charge is -2.06. The molecule has 0 saturated carbocycles. The molecule has 2 rings (SSSR count). The number of hydrogen-bond donors (Lipinski definition) is 2. The molecule has 0 aliphatic heterocycles. The lowest BCUT2D eigenvalue weighted by Crippen LogP contribution is -2.36. The Morgan fingerprint density at radius 3 is 2.24 bits per heavy atom. The Labute approximate surface area is 122 Å². The van der Waals surface area contributed by atoms with E-state index in [4.69, 9.17) is 0 Å². The van der Waals surface area contributed by atoms with Gasteiger partial charge in [0.1, 0.15) is 5.82 Å². The molecule has 5 heteroatoms. The van der Waals surface area contributed by atoms with Gasteiger partial charge in [0.05, 0.1) is 0 Å². The Bertz CT molecular complexity index is 612. The van der Waals surface area contributed by atoms with Gasteiger partial charge in [-0.1, -0.05) is 30.3 Å². The van der Waals surface area contributed by atoms with Gasteiger partial charge >= 0.3 is 11.8 Å². The number of halogens is 1. The van der Waals surface area contributed by atoms with E-state index in [0.29, 0.717) is 18.7 Å². The van der Waals surface area contributed by atoms with E-state index in [1.165, 1.54) is 12.1 Å². The van der Waals surface area contributed by atoms with E-state index in [9.17, 15) is 14.0 Å². The zero-order chi connectivity index (χ0) is 15.1. The summed E-state index contributed by atoms with van der Waals surface area (Å²) >= 11 is 0. The molecule has 0 fully saturated rings. The van der Waals surface area contributed by atoms with Crippen LogP contribution in [0.2, 0.25) is 0 Å². The van der Waals surface area contributed by atoms with Gasteiger partial charge < -0.3 is 10.6 Å². The number of benzene rings is 2. The maximum absolute atomic E-state index is 12.7. The van der Waals surface area contributed by atoms with E-state index >= 15 is 0 Å². The summed E-state index contributed by atoms with van der Waals surface area (Å²) in [5.41, 5.74) is 1.45. The van der Waals surface area contributed by atoms with Crippen molar-refractivity contribution >= 4 is 17.5 Å². The second-order valence-corrected chi connectivity index (χ2v) is 4.45. The van der Waals surface area contributed by atoms with Crippen molar-refractivity contribution in [3.8, 4) is 0 Å². The second-order valence-electron chi connectivity index (χ2n) is 4.45. The highest BCUT2D eigenvalue weighted by atomic mass is 19.1. The van der Waals surface area contributed by atoms with Crippen LogP contribution in [0.5, 0.6) is 0 Å². The first-order valence-electron chi connectivity index (χ1n) is 6.54. The molecule has 0 radical (unpaired) electrons. The van der Waals surface area contributed by atoms with Gasteiger partial charge in [-0.05, 0) is 36.2 Å². The lowest BCUT2D eigenvalue weighted by atomic mass is 10.1. The van der Waals surface area contributed by atoms with Gasteiger partial charge in [0.2, 0.25) is 0 Å². The summed E-state index contributed by atoms with van der Waals surface area (Å²) < 4.78 is 12.7. The number of carbonyl (C=O) groups is 2. The molecule has 0 bridgehead atoms. The normalized spacial score (nSPS) is 9.95. The topological polar surface area (TPSA) is 58.2 Å². The molecule has 2 N–H and O–H groups in total. The first kappa shape index (κ1) is 14.7. The molecule has 0 saturated heterocycles. The minimum atomic E-state index is -0.708. The molecular weight excluding hydrogens is 271 g/mol. The van der Waals surface area contributed by atoms with Gasteiger partial charge in [0.25, 0.3) is 0 Å². The Balaban J connectivity index is 1.76. The van der Waals surface area contributed by atoms with Crippen molar-refractivity contribution in [1.82, 2.24) is 5.32 Å². The van der Waals surface area contributed by atoms with Crippen LogP contribution in [0.4, 0.5) is 10.1 Å². The molecule has 2 aromatic rings. The van der Waals surface area contributed by atoms with Crippen LogP contribution in [0.3, 0.4) is 0 Å². The molecular formula is C16H15FN2O2. The number of para-hydroxylation sites is 1. The minimum Gasteiger partial charge on any atom is -0.347 e. The van der Waals surface area contributed by atoms with Gasteiger partial charge in [-0.25, -0.2) is 4.39 Å². The van der Waals surface area contributed by atoms with Crippen molar-refractivity contribution in [1.29, 1.82) is 0 Å². The van der Waals surface area contributed by atoms with Crippen molar-refractivity contribution in [3.05, 3.63) is 66.0 Å². The Kier molecular flexibility index (Phi) is 5.04. The first-order chi connectivity index (χ1) is 10.1. The monoisotopic (exact) mass is 286 g/mol. The highest BCUT2D eigenvalue weighted by Crippen LogP contribution is 2.05. The number of hydrogen-bond acceptors (Lipinski definition) is 2. The van der Waals surface area contributed by atoms with E-state index in [1.54, 1.807) is 36.4 Å². The maximum Gasteiger partial charge on any atom is 0.313 e. The van der Waals surface area contributed by atoms with Crippen molar-refractivity contribution in [3.63, 3.8) is 0 Å². The predicted molar refractivity (Wildman–Crippen MR) is 78.2 cm³/mol. The van der Waals surface area contributed by atoms with Crippen LogP contribution in [0.25, 0.3) is 0 Å². The lowest BCUT2D eigenvalue weighted by molar-refractivity contribution is -0.136. The first-order valence-corrected chi connectivity index (χ1v) is 6.54. The van der Waals surface area contributed by atoms with Crippen molar-refractivity contribution in [2.75, 3.05) is 11.9 Å². The number of anilines is 1. The van der Waals surface area contributed by atoms with Crippen LogP contribution in [0.15, 0.2) is 54.6 Å². The SMILES string of the molecule is O=C(NCCc1ccc(F)cc1)C(=O)Nc1ccccc1. The summed E-state index contributed by atoms with van der Waals surface area (Å²) in [7, 11) is 0. The molecule has 0 aliphatic rings. The largest absolute Gasteiger partial charge is 0.347 e. The van der Waals surface area contributed by atoms with Gasteiger partial charge in [-0.2, -0.15) is 0 Å². The van der Waals surface area contributed by atoms with Crippen molar-refractivity contribution < 1.29 is 14.0 Å². The molecule has 2 aromatic carbocycles. The summed E-state index contributed by atoms with van der Waals surface area (Å²) in [6, 6.07) is 14.8. The summed E-state index contributed by atoms with van der Waals surface area (Å²) in [6.07, 6.45) is 0.532. The molecule has 2 amide bonds. The van der Waals surface area contributed by atoms with E-state index in [2.05, 4.69) is 10.6 Å². The number of rotatable bonds is 4. The zero-order valence-corrected chi connectivity index (χ0v) is 11.3. The van der Waals surface area contributed by atoms with Gasteiger partial charge in [-0.3, -0.25) is 9.59 Å². The molecule has 4 nitrogen and oxygen atoms in total. The summed E-state index contributed by atoms with van der Waals surface area (Å²) in [6.45, 7) is 0.312. The van der Waals surface area contributed by atoms with Crippen LogP contribution in [0.1, 0.15) is 5.56 Å². The third-order valence-electron chi connectivity index (χ3n) is 2.85.